The van der Waals surface area contributed by atoms with Crippen LogP contribution in [0.2, 0.25) is 0 Å². The molecule has 0 radical (unpaired) electrons. The maximum atomic E-state index is 14.5. The van der Waals surface area contributed by atoms with Gasteiger partial charge in [0.25, 0.3) is 0 Å². The number of unbranched alkanes of at least 4 members (excludes halogenated alkanes) is 1. The zero-order valence-electron chi connectivity index (χ0n) is 40.5. The molecule has 2 rings (SSSR count). The van der Waals surface area contributed by atoms with E-state index in [-0.39, 0.29) is 36.6 Å². The zero-order valence-corrected chi connectivity index (χ0v) is 42.1. The number of aliphatic hydroxyl groups is 2. The van der Waals surface area contributed by atoms with Gasteiger partial charge in [0.1, 0.15) is 48.3 Å². The molecule has 18 N–H and O–H groups in total. The lowest BCUT2D eigenvalue weighted by Gasteiger charge is -2.31. The third kappa shape index (κ3) is 21.7. The third-order valence-corrected chi connectivity index (χ3v) is 13.6. The summed E-state index contributed by atoms with van der Waals surface area (Å²) < 4.78 is 0. The number of rotatable bonds is 23. The van der Waals surface area contributed by atoms with Gasteiger partial charge in [-0.3, -0.25) is 47.9 Å². The number of aliphatic hydroxyl groups excluding tert-OH is 2. The van der Waals surface area contributed by atoms with Crippen LogP contribution in [0.15, 0.2) is 24.3 Å². The Bertz CT molecular complexity index is 2040. The fraction of sp³-hybridized carbons (Fsp3) is 0.614. The predicted octanol–water partition coefficient (Wildman–Crippen LogP) is -5.23. The molecule has 0 saturated carbocycles. The highest BCUT2D eigenvalue weighted by Gasteiger charge is 2.37. The van der Waals surface area contributed by atoms with Crippen LogP contribution in [0.5, 0.6) is 5.75 Å². The van der Waals surface area contributed by atoms with Gasteiger partial charge in [-0.25, -0.2) is 0 Å². The molecular formula is C44H70N12O14S2. The summed E-state index contributed by atoms with van der Waals surface area (Å²) in [5, 5.41) is 47.6. The first-order valence-electron chi connectivity index (χ1n) is 23.3. The van der Waals surface area contributed by atoms with Gasteiger partial charge in [0.2, 0.25) is 59.1 Å². The zero-order chi connectivity index (χ0) is 54.1. The Balaban J connectivity index is 2.70. The average Bonchev–Trinajstić information content (AvgIpc) is 3.34. The topological polar surface area (TPSA) is 440 Å². The van der Waals surface area contributed by atoms with Crippen LogP contribution in [0.25, 0.3) is 0 Å². The Morgan fingerprint density at radius 3 is 2.04 bits per heavy atom. The third-order valence-electron chi connectivity index (χ3n) is 11.2. The molecule has 28 heteroatoms. The van der Waals surface area contributed by atoms with Crippen LogP contribution in [0, 0.1) is 5.92 Å². The van der Waals surface area contributed by atoms with Gasteiger partial charge in [-0.15, -0.1) is 0 Å². The second-order valence-corrected chi connectivity index (χ2v) is 19.7. The van der Waals surface area contributed by atoms with Crippen LogP contribution in [0.4, 0.5) is 0 Å². The molecule has 402 valence electrons. The van der Waals surface area contributed by atoms with E-state index in [9.17, 15) is 68.1 Å². The number of hydrogen-bond donors (Lipinski definition) is 14. The van der Waals surface area contributed by atoms with Crippen LogP contribution < -0.4 is 60.2 Å². The second-order valence-electron chi connectivity index (χ2n) is 17.1. The molecular weight excluding hydrogens is 985 g/mol. The van der Waals surface area contributed by atoms with E-state index in [0.29, 0.717) is 31.1 Å². The molecule has 0 spiro atoms. The van der Waals surface area contributed by atoms with Crippen molar-refractivity contribution in [1.82, 2.24) is 42.1 Å². The summed E-state index contributed by atoms with van der Waals surface area (Å²) >= 11 is 0. The molecule has 10 atom stereocenters. The molecule has 1 aliphatic heterocycles. The van der Waals surface area contributed by atoms with Gasteiger partial charge >= 0.3 is 0 Å². The van der Waals surface area contributed by atoms with Crippen molar-refractivity contribution in [3.05, 3.63) is 29.8 Å². The minimum atomic E-state index is -1.86. The molecule has 26 nitrogen and oxygen atoms in total. The standard InChI is InChI=1S/C44H70N12O14S2/c1-4-6-7-29(39(65)49-25(16-45)19-57)50-36(63)18-56(17-27(60)20-58)44(70)33-22-72-71-21-28(46)38(64)52-31(14-24-8-10-26(59)11-9-24)42(68)55-37(23(3)5-2)43(69)51-30(12-13-34(47)61)40(66)53-32(15-35(48)62)41(67)54-33/h8-11,19,23,25,27-33,37,58-60H,4-7,12-18,20-22,45-46H2,1-3H3,(H2,47,61)(H2,48,62)(H,49,65)(H,50,63)(H,51,69)(H,52,64)(H,53,66)(H,54,67)(H,55,68)/t23-,25?,27?,28-,29-,30-,31-,32-,33-,37-/m0/s1. The number of phenols is 1. The minimum absolute atomic E-state index is 0.0690. The van der Waals surface area contributed by atoms with E-state index in [1.807, 2.05) is 6.92 Å². The number of benzene rings is 1. The summed E-state index contributed by atoms with van der Waals surface area (Å²) in [5.41, 5.74) is 23.2. The monoisotopic (exact) mass is 1050 g/mol. The van der Waals surface area contributed by atoms with Crippen LogP contribution in [0.1, 0.15) is 71.3 Å². The number of aldehydes is 1. The number of carbonyl (C=O) groups excluding carboxylic acids is 11. The highest BCUT2D eigenvalue weighted by Crippen LogP contribution is 2.24. The van der Waals surface area contributed by atoms with Crippen molar-refractivity contribution < 1.29 is 68.1 Å². The van der Waals surface area contributed by atoms with Crippen molar-refractivity contribution in [2.75, 3.05) is 37.7 Å². The smallest absolute Gasteiger partial charge is 0.246 e. The van der Waals surface area contributed by atoms with Crippen molar-refractivity contribution in [2.24, 2.45) is 28.9 Å². The molecule has 2 unspecified atom stereocenters. The first kappa shape index (κ1) is 62.0. The van der Waals surface area contributed by atoms with Crippen LogP contribution in [-0.4, -0.2) is 178 Å². The van der Waals surface area contributed by atoms with Crippen LogP contribution >= 0.6 is 21.6 Å². The predicted molar refractivity (Wildman–Crippen MR) is 264 cm³/mol. The first-order valence-corrected chi connectivity index (χ1v) is 25.7. The molecule has 72 heavy (non-hydrogen) atoms. The van der Waals surface area contributed by atoms with Gasteiger partial charge in [0.05, 0.1) is 37.8 Å². The Morgan fingerprint density at radius 1 is 0.847 bits per heavy atom. The SMILES string of the molecule is CCCC[C@H](NC(=O)CN(CC(O)CO)C(=O)[C@@H]1CSSC[C@H](N)C(=O)N[C@@H](Cc2ccc(O)cc2)C(=O)N[C@@H]([C@@H](C)CC)C(=O)N[C@@H](CCC(N)=O)C(=O)N[C@@H](CC(N)=O)C(=O)N1)C(=O)NC(C=O)CN. The Kier molecular flexibility index (Phi) is 27.7. The lowest BCUT2D eigenvalue weighted by atomic mass is 9.96. The van der Waals surface area contributed by atoms with E-state index in [1.165, 1.54) is 24.3 Å². The highest BCUT2D eigenvalue weighted by atomic mass is 33.1. The maximum absolute atomic E-state index is 14.5. The number of phenolic OH excluding ortho intramolecular Hbond substituents is 1. The number of nitrogens with two attached hydrogens (primary N) is 4. The van der Waals surface area contributed by atoms with Gasteiger partial charge in [-0.05, 0) is 36.5 Å². The number of carbonyl (C=O) groups is 11. The van der Waals surface area contributed by atoms with E-state index >= 15 is 0 Å². The molecule has 1 fully saturated rings. The fourth-order valence-corrected chi connectivity index (χ4v) is 9.14. The molecule has 1 heterocycles. The van der Waals surface area contributed by atoms with Crippen LogP contribution in [-0.2, 0) is 59.2 Å². The van der Waals surface area contributed by atoms with Crippen molar-refractivity contribution >= 4 is 86.9 Å². The van der Waals surface area contributed by atoms with Gasteiger partial charge in [-0.1, -0.05) is 73.8 Å². The normalized spacial score (nSPS) is 22.4. The number of primary amides is 2. The van der Waals surface area contributed by atoms with Crippen molar-refractivity contribution in [3.8, 4) is 5.75 Å². The van der Waals surface area contributed by atoms with Crippen molar-refractivity contribution in [1.29, 1.82) is 0 Å². The second kappa shape index (κ2) is 32.1. The number of aromatic hydroxyl groups is 1. The Morgan fingerprint density at radius 2 is 1.46 bits per heavy atom. The number of nitrogens with zero attached hydrogens (tertiary/aromatic N) is 1. The van der Waals surface area contributed by atoms with E-state index < -0.39 is 158 Å². The highest BCUT2D eigenvalue weighted by molar-refractivity contribution is 8.76. The van der Waals surface area contributed by atoms with E-state index in [2.05, 4.69) is 37.2 Å². The summed E-state index contributed by atoms with van der Waals surface area (Å²) in [6.45, 7) is 2.48. The maximum Gasteiger partial charge on any atom is 0.246 e. The fourth-order valence-electron chi connectivity index (χ4n) is 6.86. The van der Waals surface area contributed by atoms with Crippen molar-refractivity contribution in [2.45, 2.75) is 127 Å². The van der Waals surface area contributed by atoms with Gasteiger partial charge < -0.3 is 85.2 Å². The summed E-state index contributed by atoms with van der Waals surface area (Å²) in [4.78, 5) is 148. The lowest BCUT2D eigenvalue weighted by Crippen LogP contribution is -2.61. The summed E-state index contributed by atoms with van der Waals surface area (Å²) in [7, 11) is 1.84. The van der Waals surface area contributed by atoms with Crippen molar-refractivity contribution in [3.63, 3.8) is 0 Å². The van der Waals surface area contributed by atoms with Gasteiger partial charge in [-0.2, -0.15) is 0 Å². The molecule has 1 aromatic rings. The quantitative estimate of drug-likeness (QED) is 0.0360. The van der Waals surface area contributed by atoms with Gasteiger partial charge in [0, 0.05) is 37.4 Å². The minimum Gasteiger partial charge on any atom is -0.508 e. The summed E-state index contributed by atoms with van der Waals surface area (Å²) in [5.74, 6) is -10.9. The van der Waals surface area contributed by atoms with E-state index in [1.54, 1.807) is 13.8 Å². The molecule has 0 aliphatic carbocycles. The largest absolute Gasteiger partial charge is 0.508 e. The Labute approximate surface area is 424 Å². The number of hydrogen-bond acceptors (Lipinski definition) is 18. The molecule has 0 bridgehead atoms. The Hall–Kier alpha value is -6.07. The van der Waals surface area contributed by atoms with Crippen LogP contribution in [0.3, 0.4) is 0 Å². The molecule has 1 aromatic carbocycles. The molecule has 10 amide bonds. The summed E-state index contributed by atoms with van der Waals surface area (Å²) in [6.07, 6.45) is -1.70. The summed E-state index contributed by atoms with van der Waals surface area (Å²) in [6, 6.07) is -5.74. The molecule has 0 aromatic heterocycles. The molecule has 1 saturated heterocycles. The van der Waals surface area contributed by atoms with E-state index in [4.69, 9.17) is 22.9 Å². The number of nitrogens with one attached hydrogen (secondary N) is 7. The number of amides is 10. The molecule has 1 aliphatic rings. The lowest BCUT2D eigenvalue weighted by molar-refractivity contribution is -0.141. The average molecular weight is 1060 g/mol. The van der Waals surface area contributed by atoms with Gasteiger partial charge in [0.15, 0.2) is 0 Å². The van der Waals surface area contributed by atoms with E-state index in [0.717, 1.165) is 26.5 Å². The first-order chi connectivity index (χ1) is 34.1.